The molecule has 0 saturated heterocycles. The number of carbonyl (C=O) groups excluding carboxylic acids is 1. The van der Waals surface area contributed by atoms with Gasteiger partial charge in [0.1, 0.15) is 0 Å². The number of benzene rings is 2. The van der Waals surface area contributed by atoms with Crippen molar-refractivity contribution in [1.82, 2.24) is 9.97 Å². The van der Waals surface area contributed by atoms with Gasteiger partial charge < -0.3 is 0 Å². The molecule has 2 aromatic carbocycles. The number of hydrogen-bond donors (Lipinski definition) is 0. The van der Waals surface area contributed by atoms with Crippen molar-refractivity contribution in [2.45, 2.75) is 26.7 Å². The summed E-state index contributed by atoms with van der Waals surface area (Å²) < 4.78 is 1.05. The van der Waals surface area contributed by atoms with Gasteiger partial charge in [0.2, 0.25) is 0 Å². The lowest BCUT2D eigenvalue weighted by Crippen LogP contribution is -2.23. The second kappa shape index (κ2) is 8.27. The van der Waals surface area contributed by atoms with Gasteiger partial charge in [-0.05, 0) is 48.7 Å². The SMILES string of the molecule is Cc1nc(/C=C/C(=O)N(c2ccc(C(C)C)cc2)c2nc3ccccc3s2)cs1. The minimum Gasteiger partial charge on any atom is -0.269 e. The van der Waals surface area contributed by atoms with Gasteiger partial charge in [0.25, 0.3) is 5.91 Å². The lowest BCUT2D eigenvalue weighted by molar-refractivity contribution is -0.113. The number of nitrogens with zero attached hydrogens (tertiary/aromatic N) is 3. The van der Waals surface area contributed by atoms with Crippen molar-refractivity contribution >= 4 is 55.7 Å². The largest absolute Gasteiger partial charge is 0.269 e. The lowest BCUT2D eigenvalue weighted by atomic mass is 10.0. The predicted molar refractivity (Wildman–Crippen MR) is 123 cm³/mol. The van der Waals surface area contributed by atoms with Crippen LogP contribution >= 0.6 is 22.7 Å². The highest BCUT2D eigenvalue weighted by Crippen LogP contribution is 2.34. The first kappa shape index (κ1) is 19.5. The quantitative estimate of drug-likeness (QED) is 0.344. The topological polar surface area (TPSA) is 46.1 Å². The molecule has 0 aliphatic heterocycles. The molecular formula is C23H21N3OS2. The number of amides is 1. The van der Waals surface area contributed by atoms with Crippen LogP contribution in [0.5, 0.6) is 0 Å². The maximum atomic E-state index is 13.2. The van der Waals surface area contributed by atoms with E-state index >= 15 is 0 Å². The summed E-state index contributed by atoms with van der Waals surface area (Å²) in [7, 11) is 0. The van der Waals surface area contributed by atoms with Gasteiger partial charge in [-0.25, -0.2) is 9.97 Å². The Balaban J connectivity index is 1.73. The Morgan fingerprint density at radius 3 is 2.48 bits per heavy atom. The van der Waals surface area contributed by atoms with Crippen LogP contribution in [-0.2, 0) is 4.79 Å². The molecule has 29 heavy (non-hydrogen) atoms. The van der Waals surface area contributed by atoms with Crippen molar-refractivity contribution in [3.05, 3.63) is 76.3 Å². The van der Waals surface area contributed by atoms with Gasteiger partial charge >= 0.3 is 0 Å². The summed E-state index contributed by atoms with van der Waals surface area (Å²) in [6.45, 7) is 6.27. The summed E-state index contributed by atoms with van der Waals surface area (Å²) in [5.41, 5.74) is 3.72. The zero-order valence-corrected chi connectivity index (χ0v) is 18.1. The van der Waals surface area contributed by atoms with Crippen LogP contribution in [0.15, 0.2) is 60.0 Å². The van der Waals surface area contributed by atoms with Gasteiger partial charge in [0.05, 0.1) is 26.6 Å². The van der Waals surface area contributed by atoms with Crippen LogP contribution in [0.3, 0.4) is 0 Å². The van der Waals surface area contributed by atoms with E-state index in [2.05, 4.69) is 31.0 Å². The molecule has 0 fully saturated rings. The molecule has 4 rings (SSSR count). The molecule has 2 heterocycles. The molecule has 146 valence electrons. The molecule has 0 saturated carbocycles. The van der Waals surface area contributed by atoms with Crippen LogP contribution in [-0.4, -0.2) is 15.9 Å². The van der Waals surface area contributed by atoms with Crippen LogP contribution in [0, 0.1) is 6.92 Å². The highest BCUT2D eigenvalue weighted by molar-refractivity contribution is 7.22. The van der Waals surface area contributed by atoms with Crippen LogP contribution in [0.2, 0.25) is 0 Å². The highest BCUT2D eigenvalue weighted by Gasteiger charge is 2.20. The Hall–Kier alpha value is -2.83. The molecule has 0 aliphatic rings. The van der Waals surface area contributed by atoms with Crippen molar-refractivity contribution in [1.29, 1.82) is 0 Å². The van der Waals surface area contributed by atoms with Gasteiger partial charge in [-0.1, -0.05) is 49.4 Å². The minimum absolute atomic E-state index is 0.146. The standard InChI is InChI=1S/C23H21N3OS2/c1-15(2)17-8-11-19(12-9-17)26(22(27)13-10-18-14-28-16(3)24-18)23-25-20-6-4-5-7-21(20)29-23/h4-15H,1-3H3/b13-10+. The average Bonchev–Trinajstić information content (AvgIpc) is 3.32. The summed E-state index contributed by atoms with van der Waals surface area (Å²) in [5, 5.41) is 3.58. The zero-order valence-electron chi connectivity index (χ0n) is 16.5. The molecule has 4 nitrogen and oxygen atoms in total. The van der Waals surface area contributed by atoms with E-state index in [1.54, 1.807) is 28.4 Å². The molecule has 0 unspecified atom stereocenters. The Kier molecular flexibility index (Phi) is 5.56. The normalized spacial score (nSPS) is 11.6. The molecular weight excluding hydrogens is 398 g/mol. The number of thiazole rings is 2. The number of fused-ring (bicyclic) bond motifs is 1. The molecule has 4 aromatic rings. The van der Waals surface area contributed by atoms with Crippen molar-refractivity contribution in [2.75, 3.05) is 4.90 Å². The Labute approximate surface area is 178 Å². The van der Waals surface area contributed by atoms with E-state index in [0.717, 1.165) is 26.6 Å². The van der Waals surface area contributed by atoms with Gasteiger partial charge in [0, 0.05) is 11.5 Å². The Bertz CT molecular complexity index is 1140. The summed E-state index contributed by atoms with van der Waals surface area (Å²) in [4.78, 5) is 24.0. The van der Waals surface area contributed by atoms with E-state index in [1.807, 2.05) is 48.7 Å². The fourth-order valence-corrected chi connectivity index (χ4v) is 4.56. The summed E-state index contributed by atoms with van der Waals surface area (Å²) in [6, 6.07) is 16.0. The second-order valence-corrected chi connectivity index (χ2v) is 9.08. The summed E-state index contributed by atoms with van der Waals surface area (Å²) in [5.74, 6) is 0.287. The Morgan fingerprint density at radius 1 is 1.07 bits per heavy atom. The van der Waals surface area contributed by atoms with E-state index in [1.165, 1.54) is 16.9 Å². The third-order valence-corrected chi connectivity index (χ3v) is 6.36. The van der Waals surface area contributed by atoms with E-state index in [4.69, 9.17) is 4.98 Å². The third kappa shape index (κ3) is 4.28. The number of aryl methyl sites for hydroxylation is 1. The van der Waals surface area contributed by atoms with E-state index in [0.29, 0.717) is 11.0 Å². The molecule has 0 spiro atoms. The first-order valence-corrected chi connectivity index (χ1v) is 11.1. The minimum atomic E-state index is -0.146. The van der Waals surface area contributed by atoms with E-state index in [9.17, 15) is 4.79 Å². The van der Waals surface area contributed by atoms with E-state index in [-0.39, 0.29) is 5.91 Å². The predicted octanol–water partition coefficient (Wildman–Crippen LogP) is 6.56. The van der Waals surface area contributed by atoms with Crippen molar-refractivity contribution in [3.63, 3.8) is 0 Å². The Morgan fingerprint density at radius 2 is 1.83 bits per heavy atom. The van der Waals surface area contributed by atoms with Crippen molar-refractivity contribution in [2.24, 2.45) is 0 Å². The second-order valence-electron chi connectivity index (χ2n) is 7.01. The number of hydrogen-bond acceptors (Lipinski definition) is 5. The lowest BCUT2D eigenvalue weighted by Gasteiger charge is -2.19. The average molecular weight is 420 g/mol. The van der Waals surface area contributed by atoms with Crippen LogP contribution in [0.4, 0.5) is 10.8 Å². The molecule has 0 atom stereocenters. The molecule has 1 amide bonds. The van der Waals surface area contributed by atoms with Crippen LogP contribution in [0.1, 0.15) is 36.0 Å². The number of aromatic nitrogens is 2. The molecule has 0 bridgehead atoms. The fraction of sp³-hybridized carbons (Fsp3) is 0.174. The monoisotopic (exact) mass is 419 g/mol. The van der Waals surface area contributed by atoms with Crippen molar-refractivity contribution < 1.29 is 4.79 Å². The molecule has 0 aliphatic carbocycles. The highest BCUT2D eigenvalue weighted by atomic mass is 32.1. The molecule has 0 N–H and O–H groups in total. The van der Waals surface area contributed by atoms with E-state index < -0.39 is 0 Å². The molecule has 6 heteroatoms. The van der Waals surface area contributed by atoms with Crippen molar-refractivity contribution in [3.8, 4) is 0 Å². The maximum absolute atomic E-state index is 13.2. The number of anilines is 2. The third-order valence-electron chi connectivity index (χ3n) is 4.55. The summed E-state index contributed by atoms with van der Waals surface area (Å²) >= 11 is 3.08. The van der Waals surface area contributed by atoms with Crippen LogP contribution < -0.4 is 4.90 Å². The number of para-hydroxylation sites is 1. The fourth-order valence-electron chi connectivity index (χ4n) is 2.98. The summed E-state index contributed by atoms with van der Waals surface area (Å²) in [6.07, 6.45) is 3.32. The zero-order chi connectivity index (χ0) is 20.4. The first-order chi connectivity index (χ1) is 14.0. The van der Waals surface area contributed by atoms with Gasteiger partial charge in [0.15, 0.2) is 5.13 Å². The van der Waals surface area contributed by atoms with Gasteiger partial charge in [-0.3, -0.25) is 9.69 Å². The number of rotatable bonds is 5. The first-order valence-electron chi connectivity index (χ1n) is 9.41. The van der Waals surface area contributed by atoms with Gasteiger partial charge in [-0.2, -0.15) is 0 Å². The maximum Gasteiger partial charge on any atom is 0.257 e. The molecule has 0 radical (unpaired) electrons. The van der Waals surface area contributed by atoms with Gasteiger partial charge in [-0.15, -0.1) is 11.3 Å². The number of carbonyl (C=O) groups is 1. The smallest absolute Gasteiger partial charge is 0.257 e. The van der Waals surface area contributed by atoms with Crippen LogP contribution in [0.25, 0.3) is 16.3 Å². The molecule has 2 aromatic heterocycles.